The Kier molecular flexibility index (Phi) is 13.2. The van der Waals surface area contributed by atoms with Crippen LogP contribution in [-0.2, 0) is 0 Å². The lowest BCUT2D eigenvalue weighted by Crippen LogP contribution is -2.75. The lowest BCUT2D eigenvalue weighted by Gasteiger charge is -2.38. The number of nitrogens with zero attached hydrogens (tertiary/aromatic N) is 4. The van der Waals surface area contributed by atoms with Gasteiger partial charge in [0.15, 0.2) is 0 Å². The monoisotopic (exact) mass is 1210 g/mol. The molecule has 6 heteroatoms. The lowest BCUT2D eigenvalue weighted by molar-refractivity contribution is 1.17. The first kappa shape index (κ1) is 55.0. The second kappa shape index (κ2) is 22.5. The van der Waals surface area contributed by atoms with E-state index in [2.05, 4.69) is 339 Å². The van der Waals surface area contributed by atoms with Crippen LogP contribution >= 0.6 is 0 Å². The summed E-state index contributed by atoms with van der Waals surface area (Å²) in [5, 5.41) is 16.1. The molecular weight excluding hydrogens is 1150 g/mol. The minimum Gasteiger partial charge on any atom is -0.311 e. The van der Waals surface area contributed by atoms with Crippen molar-refractivity contribution in [3.8, 4) is 50.2 Å². The van der Waals surface area contributed by atoms with Gasteiger partial charge in [-0.05, 0) is 209 Å². The maximum absolute atomic E-state index is 4.91. The number of aryl methyl sites for hydroxylation is 2. The van der Waals surface area contributed by atoms with Gasteiger partial charge in [0.05, 0.1) is 11.0 Å². The highest BCUT2D eigenvalue weighted by Crippen LogP contribution is 2.40. The topological polar surface area (TPSA) is 34.0 Å². The molecule has 1 aliphatic rings. The molecule has 0 aliphatic carbocycles. The number of anilines is 3. The fourth-order valence-corrected chi connectivity index (χ4v) is 19.8. The molecule has 0 saturated carbocycles. The van der Waals surface area contributed by atoms with Gasteiger partial charge in [0.1, 0.15) is 8.80 Å². The minimum atomic E-state index is -2.72. The van der Waals surface area contributed by atoms with E-state index in [9.17, 15) is 0 Å². The highest BCUT2D eigenvalue weighted by molar-refractivity contribution is 7.15. The Morgan fingerprint density at radius 1 is 0.383 bits per heavy atom. The molecule has 4 heterocycles. The Morgan fingerprint density at radius 2 is 0.915 bits per heavy atom. The fraction of sp³-hybridized carbons (Fsp3) is 0.0227. The van der Waals surface area contributed by atoms with Gasteiger partial charge in [0, 0.05) is 74.6 Å². The van der Waals surface area contributed by atoms with Gasteiger partial charge in [-0.15, -0.1) is 0 Å². The summed E-state index contributed by atoms with van der Waals surface area (Å²) in [6.45, 7) is 4.22. The molecule has 3 aromatic heterocycles. The highest BCUT2D eigenvalue weighted by atomic mass is 28.3. The summed E-state index contributed by atoms with van der Waals surface area (Å²) < 4.78 is 2.45. The van der Waals surface area contributed by atoms with Crippen molar-refractivity contribution in [2.45, 2.75) is 13.8 Å². The Morgan fingerprint density at radius 3 is 1.62 bits per heavy atom. The van der Waals surface area contributed by atoms with Crippen LogP contribution in [0.4, 0.5) is 17.1 Å². The summed E-state index contributed by atoms with van der Waals surface area (Å²) in [5.74, 6) is 0. The van der Waals surface area contributed by atoms with Crippen molar-refractivity contribution < 1.29 is 0 Å². The molecule has 1 atom stereocenters. The predicted molar refractivity (Wildman–Crippen MR) is 400 cm³/mol. The number of fused-ring (bicyclic) bond motifs is 15. The van der Waals surface area contributed by atoms with E-state index in [4.69, 9.17) is 9.97 Å². The van der Waals surface area contributed by atoms with Crippen molar-refractivity contribution in [3.05, 3.63) is 339 Å². The first-order chi connectivity index (χ1) is 46.5. The summed E-state index contributed by atoms with van der Waals surface area (Å²) in [6, 6.07) is 116. The van der Waals surface area contributed by atoms with E-state index in [1.165, 1.54) is 125 Å². The number of hydrogen-bond donors (Lipinski definition) is 0. The molecule has 1 unspecified atom stereocenters. The van der Waals surface area contributed by atoms with Crippen molar-refractivity contribution in [2.75, 3.05) is 4.90 Å². The molecule has 18 rings (SSSR count). The van der Waals surface area contributed by atoms with E-state index in [0.29, 0.717) is 0 Å². The van der Waals surface area contributed by atoms with E-state index in [1.807, 2.05) is 12.4 Å². The normalized spacial score (nSPS) is 12.8. The average Bonchev–Trinajstić information content (AvgIpc) is 0.757. The summed E-state index contributed by atoms with van der Waals surface area (Å²) in [6.07, 6.45) is 8.15. The van der Waals surface area contributed by atoms with Crippen molar-refractivity contribution in [1.82, 2.24) is 14.5 Å². The van der Waals surface area contributed by atoms with Crippen molar-refractivity contribution in [3.63, 3.8) is 0 Å². The van der Waals surface area contributed by atoms with Gasteiger partial charge in [-0.25, -0.2) is 0 Å². The maximum Gasteiger partial charge on any atom is 0.242 e. The first-order valence-electron chi connectivity index (χ1n) is 32.4. The number of aromatic nitrogens is 3. The molecule has 0 spiro atoms. The number of rotatable bonds is 10. The zero-order chi connectivity index (χ0) is 62.4. The predicted octanol–water partition coefficient (Wildman–Crippen LogP) is 17.6. The van der Waals surface area contributed by atoms with Crippen LogP contribution in [0, 0.1) is 26.0 Å². The molecule has 0 fully saturated rings. The van der Waals surface area contributed by atoms with Crippen molar-refractivity contribution >= 4 is 129 Å². The Hall–Kier alpha value is -11.9. The van der Waals surface area contributed by atoms with Crippen LogP contribution in [0.15, 0.2) is 316 Å². The number of hydrogen-bond acceptors (Lipinski definition) is 3. The number of benzene rings is 13. The van der Waals surface area contributed by atoms with Gasteiger partial charge >= 0.3 is 0 Å². The zero-order valence-electron chi connectivity index (χ0n) is 52.0. The third kappa shape index (κ3) is 9.00. The molecule has 4 nitrogen and oxygen atoms in total. The van der Waals surface area contributed by atoms with E-state index >= 15 is 0 Å². The molecule has 17 aromatic rings. The van der Waals surface area contributed by atoms with Gasteiger partial charge < -0.3 is 9.47 Å². The molecular formula is C88H59BN4Si. The average molecular weight is 1210 g/mol. The standard InChI is InChI=1S/C88H59BN4Si/c1-57-48-64(51-69(49-57)93-82-37-17-14-34-71(82)72-35-15-18-38-83(72)93)63-40-42-74-78(53-63)79-52-62(61-26-20-25-60(50-61)59-23-6-3-7-24-59)41-43-76(79)87-85(74)89(65-27-21-32-68(54-65)92(66-28-8-4-9-29-66)67-30-10-5-11-31-67)86-75-44-46-90-55-80(75)81-56-91-47-45-77(81)88(86)94(87)84-39-19-16-36-73(84)70-33-13-12-22-58(70)2/h3-15,17-35,37-56,94H,1-2H3. The SMILES string of the molecule is Cc1cc(-c2ccc3c4c(c5ccc(-c6cccc(-c7ccccc7)c6)cc5c3c2)[SiH](c2ccc#cc2-c2ccccc2C)c2c(c3ccncc3c3cnccc23)B4c2cccc(N(c3ccccc3)c3ccccc3)c2)cc(-n2c3ccccc3c3ccccc32)c1. The Labute approximate surface area is 548 Å². The van der Waals surface area contributed by atoms with E-state index in [0.717, 1.165) is 50.2 Å². The van der Waals surface area contributed by atoms with Crippen LogP contribution in [0.5, 0.6) is 0 Å². The zero-order valence-corrected chi connectivity index (χ0v) is 53.1. The third-order valence-corrected chi connectivity index (χ3v) is 23.2. The second-order valence-electron chi connectivity index (χ2n) is 25.1. The molecule has 0 N–H and O–H groups in total. The van der Waals surface area contributed by atoms with Gasteiger partial charge in [-0.1, -0.05) is 223 Å². The van der Waals surface area contributed by atoms with E-state index in [-0.39, 0.29) is 6.71 Å². The van der Waals surface area contributed by atoms with Gasteiger partial charge in [0.25, 0.3) is 0 Å². The number of para-hydroxylation sites is 4. The molecule has 0 radical (unpaired) electrons. The molecule has 0 saturated heterocycles. The van der Waals surface area contributed by atoms with E-state index in [1.54, 1.807) is 0 Å². The first-order valence-corrected chi connectivity index (χ1v) is 34.1. The van der Waals surface area contributed by atoms with Gasteiger partial charge in [-0.2, -0.15) is 0 Å². The number of pyridine rings is 2. The van der Waals surface area contributed by atoms with Gasteiger partial charge in [-0.3, -0.25) is 9.97 Å². The molecule has 94 heavy (non-hydrogen) atoms. The largest absolute Gasteiger partial charge is 0.311 e. The van der Waals surface area contributed by atoms with Crippen molar-refractivity contribution in [2.24, 2.45) is 0 Å². The van der Waals surface area contributed by atoms with Gasteiger partial charge in [0.2, 0.25) is 6.71 Å². The quantitative estimate of drug-likeness (QED) is 0.101. The van der Waals surface area contributed by atoms with Crippen LogP contribution in [0.2, 0.25) is 0 Å². The molecule has 1 aliphatic heterocycles. The molecule has 438 valence electrons. The summed E-state index contributed by atoms with van der Waals surface area (Å²) >= 11 is 0. The summed E-state index contributed by atoms with van der Waals surface area (Å²) in [5.41, 5.74) is 22.4. The highest BCUT2D eigenvalue weighted by Gasteiger charge is 2.43. The molecule has 0 amide bonds. The maximum atomic E-state index is 4.91. The molecule has 0 bridgehead atoms. The Bertz CT molecular complexity index is 5770. The van der Waals surface area contributed by atoms with Crippen LogP contribution in [0.1, 0.15) is 11.1 Å². The summed E-state index contributed by atoms with van der Waals surface area (Å²) in [7, 11) is -2.72. The van der Waals surface area contributed by atoms with Crippen LogP contribution in [-0.4, -0.2) is 30.0 Å². The molecule has 14 aromatic carbocycles. The van der Waals surface area contributed by atoms with Crippen molar-refractivity contribution in [1.29, 1.82) is 0 Å². The Balaban J connectivity index is 0.985. The third-order valence-electron chi connectivity index (χ3n) is 19.7. The van der Waals surface area contributed by atoms with Crippen LogP contribution < -0.4 is 36.8 Å². The minimum absolute atomic E-state index is 0.258. The summed E-state index contributed by atoms with van der Waals surface area (Å²) in [4.78, 5) is 12.2. The van der Waals surface area contributed by atoms with Crippen LogP contribution in [0.25, 0.3) is 115 Å². The second-order valence-corrected chi connectivity index (χ2v) is 27.7. The fourth-order valence-electron chi connectivity index (χ4n) is 15.7. The smallest absolute Gasteiger partial charge is 0.242 e. The van der Waals surface area contributed by atoms with E-state index < -0.39 is 8.80 Å². The lowest BCUT2D eigenvalue weighted by atomic mass is 9.35. The van der Waals surface area contributed by atoms with Crippen LogP contribution in [0.3, 0.4) is 0 Å².